The Bertz CT molecular complexity index is 268. The number of carbonyl (C=O) groups excluding carboxylic acids is 1. The van der Waals surface area contributed by atoms with E-state index in [2.05, 4.69) is 5.32 Å². The summed E-state index contributed by atoms with van der Waals surface area (Å²) < 4.78 is 5.13. The highest BCUT2D eigenvalue weighted by atomic mass is 16.6. The molecule has 17 heavy (non-hydrogen) atoms. The van der Waals surface area contributed by atoms with Crippen LogP contribution in [0, 0.1) is 5.92 Å². The van der Waals surface area contributed by atoms with Gasteiger partial charge in [0.1, 0.15) is 5.60 Å². The van der Waals surface area contributed by atoms with Crippen LogP contribution >= 0.6 is 0 Å². The van der Waals surface area contributed by atoms with Crippen molar-refractivity contribution in [1.29, 1.82) is 0 Å². The van der Waals surface area contributed by atoms with Crippen LogP contribution in [0.4, 0.5) is 4.79 Å². The molecule has 100 valence electrons. The molecule has 1 amide bonds. The molecule has 0 aromatic rings. The zero-order valence-corrected chi connectivity index (χ0v) is 11.2. The number of carbonyl (C=O) groups is 2. The molecule has 0 aliphatic heterocycles. The first-order valence-electron chi connectivity index (χ1n) is 5.83. The molecule has 0 aromatic carbocycles. The van der Waals surface area contributed by atoms with E-state index in [1.165, 1.54) is 0 Å². The van der Waals surface area contributed by atoms with E-state index in [1.54, 1.807) is 20.8 Å². The van der Waals surface area contributed by atoms with Crippen LogP contribution in [-0.4, -0.2) is 28.8 Å². The molecule has 0 bridgehead atoms. The lowest BCUT2D eigenvalue weighted by atomic mass is 9.99. The minimum absolute atomic E-state index is 0.0403. The van der Waals surface area contributed by atoms with Gasteiger partial charge in [0.05, 0.1) is 0 Å². The van der Waals surface area contributed by atoms with Gasteiger partial charge in [-0.2, -0.15) is 0 Å². The van der Waals surface area contributed by atoms with Gasteiger partial charge >= 0.3 is 12.1 Å². The van der Waals surface area contributed by atoms with Gasteiger partial charge in [0.2, 0.25) is 0 Å². The lowest BCUT2D eigenvalue weighted by Gasteiger charge is -2.25. The van der Waals surface area contributed by atoms with Crippen molar-refractivity contribution in [3.05, 3.63) is 0 Å². The van der Waals surface area contributed by atoms with Crippen molar-refractivity contribution in [2.45, 2.75) is 59.1 Å². The second kappa shape index (κ2) is 6.47. The van der Waals surface area contributed by atoms with Gasteiger partial charge in [-0.3, -0.25) is 4.79 Å². The lowest BCUT2D eigenvalue weighted by molar-refractivity contribution is -0.137. The quantitative estimate of drug-likeness (QED) is 0.779. The zero-order chi connectivity index (χ0) is 13.6. The molecule has 0 spiro atoms. The fourth-order valence-corrected chi connectivity index (χ4v) is 1.31. The minimum Gasteiger partial charge on any atom is -0.481 e. The van der Waals surface area contributed by atoms with Crippen LogP contribution < -0.4 is 5.32 Å². The number of ether oxygens (including phenoxy) is 1. The van der Waals surface area contributed by atoms with Gasteiger partial charge in [-0.15, -0.1) is 0 Å². The van der Waals surface area contributed by atoms with Crippen molar-refractivity contribution >= 4 is 12.1 Å². The van der Waals surface area contributed by atoms with Crippen LogP contribution in [0.2, 0.25) is 0 Å². The number of carboxylic acids is 1. The van der Waals surface area contributed by atoms with Gasteiger partial charge in [-0.05, 0) is 33.1 Å². The number of hydrogen-bond donors (Lipinski definition) is 2. The van der Waals surface area contributed by atoms with Gasteiger partial charge in [0.25, 0.3) is 0 Å². The Hall–Kier alpha value is -1.26. The monoisotopic (exact) mass is 245 g/mol. The molecular weight excluding hydrogens is 222 g/mol. The Morgan fingerprint density at radius 1 is 1.29 bits per heavy atom. The maximum absolute atomic E-state index is 11.5. The fourth-order valence-electron chi connectivity index (χ4n) is 1.31. The average Bonchev–Trinajstić information content (AvgIpc) is 2.08. The molecule has 0 aliphatic carbocycles. The molecule has 0 fully saturated rings. The predicted octanol–water partition coefficient (Wildman–Crippen LogP) is 2.40. The Balaban J connectivity index is 4.25. The summed E-state index contributed by atoms with van der Waals surface area (Å²) in [6, 6.07) is -0.180. The second-order valence-corrected chi connectivity index (χ2v) is 5.43. The highest BCUT2D eigenvalue weighted by Gasteiger charge is 2.21. The topological polar surface area (TPSA) is 75.6 Å². The molecule has 2 N–H and O–H groups in total. The van der Waals surface area contributed by atoms with Crippen LogP contribution in [0.1, 0.15) is 47.5 Å². The smallest absolute Gasteiger partial charge is 0.407 e. The van der Waals surface area contributed by atoms with Crippen molar-refractivity contribution in [1.82, 2.24) is 5.32 Å². The molecule has 1 atom stereocenters. The lowest BCUT2D eigenvalue weighted by Crippen LogP contribution is -2.42. The predicted molar refractivity (Wildman–Crippen MR) is 64.9 cm³/mol. The van der Waals surface area contributed by atoms with Gasteiger partial charge in [0.15, 0.2) is 0 Å². The summed E-state index contributed by atoms with van der Waals surface area (Å²) in [4.78, 5) is 22.0. The Kier molecular flexibility index (Phi) is 5.99. The first-order chi connectivity index (χ1) is 7.61. The van der Waals surface area contributed by atoms with Crippen LogP contribution in [0.15, 0.2) is 0 Å². The van der Waals surface area contributed by atoms with E-state index in [0.717, 1.165) is 0 Å². The van der Waals surface area contributed by atoms with E-state index >= 15 is 0 Å². The summed E-state index contributed by atoms with van der Waals surface area (Å²) in [5.41, 5.74) is -0.543. The van der Waals surface area contributed by atoms with Crippen molar-refractivity contribution in [3.63, 3.8) is 0 Å². The summed E-state index contributed by atoms with van der Waals surface area (Å²) in [5, 5.41) is 11.3. The third-order valence-electron chi connectivity index (χ3n) is 2.18. The standard InChI is InChI=1S/C12H23NO4/c1-8(2)9(6-7-10(14)15)13-11(16)17-12(3,4)5/h8-9H,6-7H2,1-5H3,(H,13,16)(H,14,15). The van der Waals surface area contributed by atoms with Crippen LogP contribution in [0.5, 0.6) is 0 Å². The van der Waals surface area contributed by atoms with Crippen molar-refractivity contribution in [2.75, 3.05) is 0 Å². The van der Waals surface area contributed by atoms with Crippen LogP contribution in [0.3, 0.4) is 0 Å². The fraction of sp³-hybridized carbons (Fsp3) is 0.833. The molecule has 0 aromatic heterocycles. The van der Waals surface area contributed by atoms with Crippen molar-refractivity contribution < 1.29 is 19.4 Å². The third kappa shape index (κ3) is 8.54. The number of carboxylic acid groups (broad SMARTS) is 1. The van der Waals surface area contributed by atoms with E-state index in [9.17, 15) is 9.59 Å². The molecule has 0 saturated heterocycles. The molecule has 5 nitrogen and oxygen atoms in total. The number of nitrogens with one attached hydrogen (secondary N) is 1. The summed E-state index contributed by atoms with van der Waals surface area (Å²) in [7, 11) is 0. The van der Waals surface area contributed by atoms with E-state index in [4.69, 9.17) is 9.84 Å². The largest absolute Gasteiger partial charge is 0.481 e. The Morgan fingerprint density at radius 2 is 1.82 bits per heavy atom. The van der Waals surface area contributed by atoms with E-state index in [1.807, 2.05) is 13.8 Å². The third-order valence-corrected chi connectivity index (χ3v) is 2.18. The summed E-state index contributed by atoms with van der Waals surface area (Å²) >= 11 is 0. The van der Waals surface area contributed by atoms with E-state index < -0.39 is 17.7 Å². The Morgan fingerprint density at radius 3 is 2.18 bits per heavy atom. The number of aliphatic carboxylic acids is 1. The van der Waals surface area contributed by atoms with Gasteiger partial charge in [-0.1, -0.05) is 13.8 Å². The molecule has 0 radical (unpaired) electrons. The molecular formula is C12H23NO4. The normalized spacial score (nSPS) is 13.3. The van der Waals surface area contributed by atoms with Crippen molar-refractivity contribution in [3.8, 4) is 0 Å². The average molecular weight is 245 g/mol. The summed E-state index contributed by atoms with van der Waals surface area (Å²) in [5.74, 6) is -0.691. The molecule has 1 unspecified atom stereocenters. The second-order valence-electron chi connectivity index (χ2n) is 5.43. The summed E-state index contributed by atoms with van der Waals surface area (Å²) in [6.07, 6.45) is -0.0492. The number of hydrogen-bond acceptors (Lipinski definition) is 3. The zero-order valence-electron chi connectivity index (χ0n) is 11.2. The SMILES string of the molecule is CC(C)C(CCC(=O)O)NC(=O)OC(C)(C)C. The molecule has 0 aliphatic rings. The van der Waals surface area contributed by atoms with Crippen molar-refractivity contribution in [2.24, 2.45) is 5.92 Å². The van der Waals surface area contributed by atoms with Gasteiger partial charge < -0.3 is 15.2 Å². The minimum atomic E-state index is -0.860. The van der Waals surface area contributed by atoms with Gasteiger partial charge in [-0.25, -0.2) is 4.79 Å². The number of rotatable bonds is 5. The number of amides is 1. The maximum atomic E-state index is 11.5. The highest BCUT2D eigenvalue weighted by molar-refractivity contribution is 5.69. The summed E-state index contributed by atoms with van der Waals surface area (Å²) in [6.45, 7) is 9.23. The molecule has 0 rings (SSSR count). The van der Waals surface area contributed by atoms with Crippen LogP contribution in [0.25, 0.3) is 0 Å². The maximum Gasteiger partial charge on any atom is 0.407 e. The first kappa shape index (κ1) is 15.7. The Labute approximate surface area is 103 Å². The van der Waals surface area contributed by atoms with Crippen LogP contribution in [-0.2, 0) is 9.53 Å². The highest BCUT2D eigenvalue weighted by Crippen LogP contribution is 2.11. The van der Waals surface area contributed by atoms with E-state index in [0.29, 0.717) is 6.42 Å². The molecule has 5 heteroatoms. The van der Waals surface area contributed by atoms with E-state index in [-0.39, 0.29) is 18.4 Å². The first-order valence-corrected chi connectivity index (χ1v) is 5.83. The van der Waals surface area contributed by atoms with Gasteiger partial charge in [0, 0.05) is 12.5 Å². The molecule has 0 heterocycles. The number of alkyl carbamates (subject to hydrolysis) is 1. The molecule has 0 saturated carbocycles.